The summed E-state index contributed by atoms with van der Waals surface area (Å²) >= 11 is 1.84. The molecule has 0 radical (unpaired) electrons. The highest BCUT2D eigenvalue weighted by molar-refractivity contribution is 14.1. The summed E-state index contributed by atoms with van der Waals surface area (Å²) in [5.74, 6) is 0.370. The molecule has 1 aromatic carbocycles. The van der Waals surface area contributed by atoms with Crippen LogP contribution < -0.4 is 0 Å². The van der Waals surface area contributed by atoms with Gasteiger partial charge in [0, 0.05) is 6.42 Å². The topological polar surface area (TPSA) is 57.5 Å². The number of hydrogen-bond acceptors (Lipinski definition) is 3. The first-order valence-electron chi connectivity index (χ1n) is 5.83. The summed E-state index contributed by atoms with van der Waals surface area (Å²) in [4.78, 5) is 12.0. The maximum atomic E-state index is 12.0. The first kappa shape index (κ1) is 12.7. The fraction of sp³-hybridized carbons (Fsp3) is 0.462. The number of halogens is 1. The predicted octanol–water partition coefficient (Wildman–Crippen LogP) is 3.47. The van der Waals surface area contributed by atoms with Crippen LogP contribution in [0.2, 0.25) is 0 Å². The van der Waals surface area contributed by atoms with E-state index in [1.807, 2.05) is 22.6 Å². The number of carbonyl (C=O) groups is 1. The molecule has 0 atom stereocenters. The summed E-state index contributed by atoms with van der Waals surface area (Å²) in [5.41, 5.74) is 0.333. The lowest BCUT2D eigenvalue weighted by atomic mass is 9.96. The molecular formula is C13H15IO3. The lowest BCUT2D eigenvalue weighted by molar-refractivity contribution is 0.0959. The summed E-state index contributed by atoms with van der Waals surface area (Å²) in [6.45, 7) is 0. The Morgan fingerprint density at radius 1 is 1.29 bits per heavy atom. The number of phenolic OH excluding ortho intramolecular Hbond substituents is 2. The largest absolute Gasteiger partial charge is 0.507 e. The first-order chi connectivity index (χ1) is 8.09. The molecule has 2 N–H and O–H groups in total. The number of hydrogen-bond donors (Lipinski definition) is 2. The van der Waals surface area contributed by atoms with E-state index in [2.05, 4.69) is 0 Å². The van der Waals surface area contributed by atoms with Crippen molar-refractivity contribution in [2.24, 2.45) is 5.92 Å². The van der Waals surface area contributed by atoms with Gasteiger partial charge in [-0.3, -0.25) is 4.79 Å². The Hall–Kier alpha value is -0.780. The quantitative estimate of drug-likeness (QED) is 0.651. The molecule has 0 unspecified atom stereocenters. The van der Waals surface area contributed by atoms with Crippen LogP contribution in [0, 0.1) is 9.49 Å². The Kier molecular flexibility index (Phi) is 3.91. The standard InChI is InChI=1S/C13H15IO3/c14-12-10(15)6-5-9(13(12)17)11(16)7-8-3-1-2-4-8/h5-6,8,15,17H,1-4,7H2. The van der Waals surface area contributed by atoms with Crippen LogP contribution in [0.15, 0.2) is 12.1 Å². The number of ketones is 1. The summed E-state index contributed by atoms with van der Waals surface area (Å²) in [6.07, 6.45) is 5.14. The van der Waals surface area contributed by atoms with Crippen molar-refractivity contribution in [2.75, 3.05) is 0 Å². The molecule has 0 bridgehead atoms. The Bertz CT molecular complexity index is 437. The van der Waals surface area contributed by atoms with Gasteiger partial charge in [0.15, 0.2) is 5.78 Å². The van der Waals surface area contributed by atoms with E-state index in [0.717, 1.165) is 12.8 Å². The van der Waals surface area contributed by atoms with Crippen LogP contribution >= 0.6 is 22.6 Å². The van der Waals surface area contributed by atoms with Gasteiger partial charge in [0.25, 0.3) is 0 Å². The molecule has 1 saturated carbocycles. The van der Waals surface area contributed by atoms with Crippen molar-refractivity contribution in [2.45, 2.75) is 32.1 Å². The van der Waals surface area contributed by atoms with Crippen molar-refractivity contribution in [3.63, 3.8) is 0 Å². The second-order valence-corrected chi connectivity index (χ2v) is 5.65. The highest BCUT2D eigenvalue weighted by Crippen LogP contribution is 2.34. The molecule has 0 aliphatic heterocycles. The van der Waals surface area contributed by atoms with Crippen molar-refractivity contribution in [3.05, 3.63) is 21.3 Å². The third-order valence-corrected chi connectivity index (χ3v) is 4.41. The number of rotatable bonds is 3. The van der Waals surface area contributed by atoms with Gasteiger partial charge < -0.3 is 10.2 Å². The molecule has 0 saturated heterocycles. The van der Waals surface area contributed by atoms with Crippen LogP contribution in [0.5, 0.6) is 11.5 Å². The van der Waals surface area contributed by atoms with Crippen molar-refractivity contribution < 1.29 is 15.0 Å². The molecule has 17 heavy (non-hydrogen) atoms. The Morgan fingerprint density at radius 2 is 1.94 bits per heavy atom. The van der Waals surface area contributed by atoms with E-state index >= 15 is 0 Å². The highest BCUT2D eigenvalue weighted by Gasteiger charge is 2.22. The number of Topliss-reactive ketones (excluding diaryl/α,β-unsaturated/α-hetero) is 1. The van der Waals surface area contributed by atoms with Crippen molar-refractivity contribution >= 4 is 28.4 Å². The Balaban J connectivity index is 2.16. The molecular weight excluding hydrogens is 331 g/mol. The Labute approximate surface area is 114 Å². The van der Waals surface area contributed by atoms with E-state index in [1.165, 1.54) is 25.0 Å². The average molecular weight is 346 g/mol. The van der Waals surface area contributed by atoms with Gasteiger partial charge in [0.2, 0.25) is 0 Å². The predicted molar refractivity (Wildman–Crippen MR) is 73.4 cm³/mol. The number of benzene rings is 1. The number of aromatic hydroxyl groups is 2. The molecule has 4 heteroatoms. The van der Waals surface area contributed by atoms with Gasteiger partial charge in [-0.1, -0.05) is 25.7 Å². The fourth-order valence-electron chi connectivity index (χ4n) is 2.37. The van der Waals surface area contributed by atoms with Gasteiger partial charge >= 0.3 is 0 Å². The van der Waals surface area contributed by atoms with E-state index in [4.69, 9.17) is 0 Å². The maximum Gasteiger partial charge on any atom is 0.166 e. The zero-order chi connectivity index (χ0) is 12.4. The molecule has 0 amide bonds. The summed E-state index contributed by atoms with van der Waals surface area (Å²) in [7, 11) is 0. The fourth-order valence-corrected chi connectivity index (χ4v) is 2.84. The van der Waals surface area contributed by atoms with Crippen molar-refractivity contribution in [1.29, 1.82) is 0 Å². The van der Waals surface area contributed by atoms with Gasteiger partial charge in [0.1, 0.15) is 11.5 Å². The van der Waals surface area contributed by atoms with E-state index in [9.17, 15) is 15.0 Å². The van der Waals surface area contributed by atoms with Gasteiger partial charge in [-0.05, 0) is 40.6 Å². The zero-order valence-electron chi connectivity index (χ0n) is 9.45. The molecule has 2 rings (SSSR count). The van der Waals surface area contributed by atoms with E-state index < -0.39 is 0 Å². The minimum atomic E-state index is -0.0893. The van der Waals surface area contributed by atoms with Crippen LogP contribution in [0.3, 0.4) is 0 Å². The van der Waals surface area contributed by atoms with Crippen molar-refractivity contribution in [1.82, 2.24) is 0 Å². The van der Waals surface area contributed by atoms with Crippen LogP contribution in [-0.4, -0.2) is 16.0 Å². The smallest absolute Gasteiger partial charge is 0.166 e. The van der Waals surface area contributed by atoms with Crippen LogP contribution in [0.4, 0.5) is 0 Å². The SMILES string of the molecule is O=C(CC1CCCC1)c1ccc(O)c(I)c1O. The molecule has 1 aromatic rings. The first-order valence-corrected chi connectivity index (χ1v) is 6.91. The number of phenols is 2. The second kappa shape index (κ2) is 5.25. The van der Waals surface area contributed by atoms with Crippen LogP contribution in [-0.2, 0) is 0 Å². The van der Waals surface area contributed by atoms with Gasteiger partial charge in [-0.15, -0.1) is 0 Å². The third-order valence-electron chi connectivity index (χ3n) is 3.34. The van der Waals surface area contributed by atoms with E-state index in [-0.39, 0.29) is 17.3 Å². The highest BCUT2D eigenvalue weighted by atomic mass is 127. The number of carbonyl (C=O) groups excluding carboxylic acids is 1. The third kappa shape index (κ3) is 2.73. The lowest BCUT2D eigenvalue weighted by Gasteiger charge is -2.10. The molecule has 1 aliphatic carbocycles. The minimum Gasteiger partial charge on any atom is -0.507 e. The molecule has 0 heterocycles. The summed E-state index contributed by atoms with van der Waals surface area (Å²) in [5, 5.41) is 19.2. The van der Waals surface area contributed by atoms with E-state index in [0.29, 0.717) is 21.5 Å². The molecule has 0 spiro atoms. The summed E-state index contributed by atoms with van der Waals surface area (Å²) in [6, 6.07) is 2.97. The lowest BCUT2D eigenvalue weighted by Crippen LogP contribution is -2.06. The molecule has 1 fully saturated rings. The van der Waals surface area contributed by atoms with Gasteiger partial charge in [0.05, 0.1) is 9.13 Å². The average Bonchev–Trinajstić information content (AvgIpc) is 2.78. The molecule has 3 nitrogen and oxygen atoms in total. The van der Waals surface area contributed by atoms with Crippen LogP contribution in [0.1, 0.15) is 42.5 Å². The second-order valence-electron chi connectivity index (χ2n) is 4.57. The Morgan fingerprint density at radius 3 is 2.59 bits per heavy atom. The zero-order valence-corrected chi connectivity index (χ0v) is 11.6. The van der Waals surface area contributed by atoms with Crippen LogP contribution in [0.25, 0.3) is 0 Å². The monoisotopic (exact) mass is 346 g/mol. The van der Waals surface area contributed by atoms with Crippen molar-refractivity contribution in [3.8, 4) is 11.5 Å². The molecule has 92 valence electrons. The van der Waals surface area contributed by atoms with Gasteiger partial charge in [-0.25, -0.2) is 0 Å². The van der Waals surface area contributed by atoms with E-state index in [1.54, 1.807) is 0 Å². The maximum absolute atomic E-state index is 12.0. The molecule has 0 aromatic heterocycles. The normalized spacial score (nSPS) is 16.3. The van der Waals surface area contributed by atoms with Gasteiger partial charge in [-0.2, -0.15) is 0 Å². The summed E-state index contributed by atoms with van der Waals surface area (Å²) < 4.78 is 0.347. The minimum absolute atomic E-state index is 0.0144. The molecule has 1 aliphatic rings.